The normalized spacial score (nSPS) is 10.7. The number of nitrogens with zero attached hydrogens (tertiary/aromatic N) is 2. The second-order valence-corrected chi connectivity index (χ2v) is 6.30. The van der Waals surface area contributed by atoms with Crippen LogP contribution >= 0.6 is 0 Å². The van der Waals surface area contributed by atoms with Gasteiger partial charge in [-0.3, -0.25) is 9.78 Å². The van der Waals surface area contributed by atoms with E-state index in [1.807, 2.05) is 62.4 Å². The minimum atomic E-state index is -0.318. The highest BCUT2D eigenvalue weighted by atomic mass is 16.5. The minimum Gasteiger partial charge on any atom is -0.490 e. The molecule has 6 heteroatoms. The predicted octanol–water partition coefficient (Wildman–Crippen LogP) is 4.13. The molecule has 0 aliphatic rings. The van der Waals surface area contributed by atoms with Crippen molar-refractivity contribution in [2.45, 2.75) is 20.5 Å². The van der Waals surface area contributed by atoms with E-state index in [1.165, 1.54) is 6.20 Å². The molecule has 0 fully saturated rings. The first-order chi connectivity index (χ1) is 14.2. The van der Waals surface area contributed by atoms with Crippen LogP contribution in [0, 0.1) is 6.92 Å². The van der Waals surface area contributed by atoms with E-state index < -0.39 is 0 Å². The molecule has 0 saturated carbocycles. The zero-order valence-electron chi connectivity index (χ0n) is 16.5. The summed E-state index contributed by atoms with van der Waals surface area (Å²) in [7, 11) is 0. The number of nitrogens with one attached hydrogen (secondary N) is 1. The van der Waals surface area contributed by atoms with Gasteiger partial charge >= 0.3 is 0 Å². The van der Waals surface area contributed by atoms with Crippen LogP contribution in [0.25, 0.3) is 0 Å². The summed E-state index contributed by atoms with van der Waals surface area (Å²) in [5.41, 5.74) is 5.66. The second-order valence-electron chi connectivity index (χ2n) is 6.30. The second kappa shape index (κ2) is 10.0. The molecule has 148 valence electrons. The van der Waals surface area contributed by atoms with Crippen LogP contribution < -0.4 is 14.9 Å². The summed E-state index contributed by atoms with van der Waals surface area (Å²) in [4.78, 5) is 16.2. The maximum absolute atomic E-state index is 12.1. The van der Waals surface area contributed by atoms with Crippen LogP contribution in [0.4, 0.5) is 0 Å². The van der Waals surface area contributed by atoms with Crippen molar-refractivity contribution in [2.24, 2.45) is 5.10 Å². The Balaban J connectivity index is 1.64. The van der Waals surface area contributed by atoms with Gasteiger partial charge in [0.05, 0.1) is 18.4 Å². The first-order valence-corrected chi connectivity index (χ1v) is 9.35. The van der Waals surface area contributed by atoms with Gasteiger partial charge in [0.25, 0.3) is 5.91 Å². The number of benzene rings is 2. The zero-order chi connectivity index (χ0) is 20.5. The number of carbonyl (C=O) groups excluding carboxylic acids is 1. The SMILES string of the molecule is CCOc1cc(/C=N/NC(=O)c2ccc(C)nc2)ccc1OCc1ccccc1. The Morgan fingerprint density at radius 1 is 1.07 bits per heavy atom. The quantitative estimate of drug-likeness (QED) is 0.464. The molecule has 0 unspecified atom stereocenters. The fourth-order valence-corrected chi connectivity index (χ4v) is 2.56. The van der Waals surface area contributed by atoms with Crippen LogP contribution in [-0.4, -0.2) is 23.7 Å². The molecule has 29 heavy (non-hydrogen) atoms. The van der Waals surface area contributed by atoms with Crippen molar-refractivity contribution in [3.8, 4) is 11.5 Å². The first-order valence-electron chi connectivity index (χ1n) is 9.35. The smallest absolute Gasteiger partial charge is 0.272 e. The topological polar surface area (TPSA) is 72.8 Å². The van der Waals surface area contributed by atoms with Crippen molar-refractivity contribution >= 4 is 12.1 Å². The summed E-state index contributed by atoms with van der Waals surface area (Å²) in [6.07, 6.45) is 3.08. The average molecular weight is 389 g/mol. The van der Waals surface area contributed by atoms with Gasteiger partial charge in [-0.05, 0) is 55.3 Å². The van der Waals surface area contributed by atoms with E-state index in [0.717, 1.165) is 16.8 Å². The summed E-state index contributed by atoms with van der Waals surface area (Å²) in [5.74, 6) is 0.964. The molecule has 1 heterocycles. The lowest BCUT2D eigenvalue weighted by Crippen LogP contribution is -2.17. The number of amides is 1. The number of carbonyl (C=O) groups is 1. The largest absolute Gasteiger partial charge is 0.490 e. The fourth-order valence-electron chi connectivity index (χ4n) is 2.56. The Hall–Kier alpha value is -3.67. The van der Waals surface area contributed by atoms with Gasteiger partial charge in [-0.1, -0.05) is 30.3 Å². The number of rotatable bonds is 8. The predicted molar refractivity (Wildman–Crippen MR) is 112 cm³/mol. The number of pyridine rings is 1. The van der Waals surface area contributed by atoms with E-state index in [9.17, 15) is 4.79 Å². The molecule has 3 aromatic rings. The maximum atomic E-state index is 12.1. The number of hydrazone groups is 1. The third-order valence-corrected chi connectivity index (χ3v) is 4.06. The molecule has 0 radical (unpaired) electrons. The van der Waals surface area contributed by atoms with Crippen molar-refractivity contribution < 1.29 is 14.3 Å². The molecule has 0 spiro atoms. The molecular weight excluding hydrogens is 366 g/mol. The van der Waals surface area contributed by atoms with Crippen LogP contribution in [-0.2, 0) is 6.61 Å². The molecular formula is C23H23N3O3. The summed E-state index contributed by atoms with van der Waals surface area (Å²) in [6, 6.07) is 18.9. The molecule has 3 rings (SSSR count). The Labute approximate surface area is 170 Å². The highest BCUT2D eigenvalue weighted by Crippen LogP contribution is 2.28. The number of hydrogen-bond acceptors (Lipinski definition) is 5. The summed E-state index contributed by atoms with van der Waals surface area (Å²) in [5, 5.41) is 4.02. The Morgan fingerprint density at radius 2 is 1.90 bits per heavy atom. The lowest BCUT2D eigenvalue weighted by atomic mass is 10.2. The standard InChI is InChI=1S/C23H23N3O3/c1-3-28-22-13-19(10-12-21(22)29-16-18-7-5-4-6-8-18)14-25-26-23(27)20-11-9-17(2)24-15-20/h4-15H,3,16H2,1-2H3,(H,26,27)/b25-14+. The minimum absolute atomic E-state index is 0.318. The molecule has 2 aromatic carbocycles. The molecule has 0 saturated heterocycles. The third-order valence-electron chi connectivity index (χ3n) is 4.06. The Bertz CT molecular complexity index is 970. The van der Waals surface area contributed by atoms with Gasteiger partial charge < -0.3 is 9.47 Å². The summed E-state index contributed by atoms with van der Waals surface area (Å²) >= 11 is 0. The molecule has 1 N–H and O–H groups in total. The lowest BCUT2D eigenvalue weighted by molar-refractivity contribution is 0.0955. The van der Waals surface area contributed by atoms with Crippen molar-refractivity contribution in [1.29, 1.82) is 0 Å². The van der Waals surface area contributed by atoms with Crippen molar-refractivity contribution in [2.75, 3.05) is 6.61 Å². The van der Waals surface area contributed by atoms with E-state index in [1.54, 1.807) is 18.3 Å². The van der Waals surface area contributed by atoms with Gasteiger partial charge in [0.1, 0.15) is 6.61 Å². The molecule has 0 aliphatic carbocycles. The van der Waals surface area contributed by atoms with Crippen molar-refractivity contribution in [3.05, 3.63) is 89.2 Å². The number of ether oxygens (including phenoxy) is 2. The summed E-state index contributed by atoms with van der Waals surface area (Å²) < 4.78 is 11.6. The average Bonchev–Trinajstić information content (AvgIpc) is 2.74. The lowest BCUT2D eigenvalue weighted by Gasteiger charge is -2.12. The highest BCUT2D eigenvalue weighted by molar-refractivity contribution is 5.94. The van der Waals surface area contributed by atoms with E-state index in [4.69, 9.17) is 9.47 Å². The number of aromatic nitrogens is 1. The maximum Gasteiger partial charge on any atom is 0.272 e. The first kappa shape index (κ1) is 20.1. The van der Waals surface area contributed by atoms with Gasteiger partial charge in [0, 0.05) is 11.9 Å². The van der Waals surface area contributed by atoms with Gasteiger partial charge in [-0.25, -0.2) is 5.43 Å². The van der Waals surface area contributed by atoms with E-state index in [2.05, 4.69) is 15.5 Å². The number of aryl methyl sites for hydroxylation is 1. The highest BCUT2D eigenvalue weighted by Gasteiger charge is 2.07. The van der Waals surface area contributed by atoms with Crippen LogP contribution in [0.2, 0.25) is 0 Å². The molecule has 0 bridgehead atoms. The van der Waals surface area contributed by atoms with Gasteiger partial charge in [0.15, 0.2) is 11.5 Å². The van der Waals surface area contributed by atoms with E-state index in [0.29, 0.717) is 30.3 Å². The van der Waals surface area contributed by atoms with Crippen molar-refractivity contribution in [1.82, 2.24) is 10.4 Å². The number of hydrogen-bond donors (Lipinski definition) is 1. The van der Waals surface area contributed by atoms with Crippen LogP contribution in [0.1, 0.15) is 34.1 Å². The molecule has 0 aliphatic heterocycles. The Kier molecular flexibility index (Phi) is 6.95. The van der Waals surface area contributed by atoms with Gasteiger partial charge in [0.2, 0.25) is 0 Å². The fraction of sp³-hybridized carbons (Fsp3) is 0.174. The Morgan fingerprint density at radius 3 is 2.62 bits per heavy atom. The third kappa shape index (κ3) is 5.90. The van der Waals surface area contributed by atoms with Gasteiger partial charge in [-0.15, -0.1) is 0 Å². The van der Waals surface area contributed by atoms with E-state index >= 15 is 0 Å². The zero-order valence-corrected chi connectivity index (χ0v) is 16.5. The van der Waals surface area contributed by atoms with E-state index in [-0.39, 0.29) is 5.91 Å². The van der Waals surface area contributed by atoms with Crippen LogP contribution in [0.15, 0.2) is 72.0 Å². The monoisotopic (exact) mass is 389 g/mol. The van der Waals surface area contributed by atoms with Crippen LogP contribution in [0.5, 0.6) is 11.5 Å². The summed E-state index contributed by atoms with van der Waals surface area (Å²) in [6.45, 7) is 4.75. The molecule has 0 atom stereocenters. The van der Waals surface area contributed by atoms with Gasteiger partial charge in [-0.2, -0.15) is 5.10 Å². The van der Waals surface area contributed by atoms with Crippen molar-refractivity contribution in [3.63, 3.8) is 0 Å². The van der Waals surface area contributed by atoms with Crippen LogP contribution in [0.3, 0.4) is 0 Å². The molecule has 1 aromatic heterocycles. The molecule has 1 amide bonds. The molecule has 6 nitrogen and oxygen atoms in total.